The van der Waals surface area contributed by atoms with Gasteiger partial charge < -0.3 is 0 Å². The van der Waals surface area contributed by atoms with Crippen LogP contribution in [0, 0.1) is 5.92 Å². The maximum atomic E-state index is 12.3. The van der Waals surface area contributed by atoms with E-state index in [0.717, 1.165) is 6.08 Å². The Morgan fingerprint density at radius 3 is 2.64 bits per heavy atom. The van der Waals surface area contributed by atoms with Crippen LogP contribution in [0.4, 0.5) is 13.2 Å². The molecule has 0 saturated carbocycles. The highest BCUT2D eigenvalue weighted by Gasteiger charge is 2.42. The summed E-state index contributed by atoms with van der Waals surface area (Å²) in [5, 5.41) is -0.289. The van der Waals surface area contributed by atoms with Crippen LogP contribution in [-0.2, 0) is 4.79 Å². The van der Waals surface area contributed by atoms with Crippen molar-refractivity contribution in [2.75, 3.05) is 0 Å². The van der Waals surface area contributed by atoms with Crippen molar-refractivity contribution in [2.24, 2.45) is 10.9 Å². The lowest BCUT2D eigenvalue weighted by Gasteiger charge is -2.21. The van der Waals surface area contributed by atoms with Gasteiger partial charge in [-0.3, -0.25) is 0 Å². The van der Waals surface area contributed by atoms with Crippen LogP contribution in [0.15, 0.2) is 27.9 Å². The molecule has 0 heterocycles. The van der Waals surface area contributed by atoms with Crippen LogP contribution in [0.1, 0.15) is 6.42 Å². The van der Waals surface area contributed by atoms with Gasteiger partial charge in [-0.05, 0) is 12.2 Å². The fourth-order valence-corrected chi connectivity index (χ4v) is 1.34. The van der Waals surface area contributed by atoms with Crippen LogP contribution in [0.2, 0.25) is 0 Å². The molecule has 1 aliphatic carbocycles. The van der Waals surface area contributed by atoms with Gasteiger partial charge in [-0.1, -0.05) is 11.6 Å². The number of aliphatic imine (C=N–C) groups is 1. The van der Waals surface area contributed by atoms with Gasteiger partial charge in [-0.2, -0.15) is 18.2 Å². The second kappa shape index (κ2) is 3.98. The first-order valence-electron chi connectivity index (χ1n) is 3.66. The summed E-state index contributed by atoms with van der Waals surface area (Å²) in [7, 11) is 0. The summed E-state index contributed by atoms with van der Waals surface area (Å²) in [6.45, 7) is 0. The minimum atomic E-state index is -4.41. The Labute approximate surface area is 82.8 Å². The molecule has 2 nitrogen and oxygen atoms in total. The zero-order valence-electron chi connectivity index (χ0n) is 6.81. The van der Waals surface area contributed by atoms with Gasteiger partial charge in [0, 0.05) is 11.5 Å². The fraction of sp³-hybridized carbons (Fsp3) is 0.375. The summed E-state index contributed by atoms with van der Waals surface area (Å²) in [6, 6.07) is 0. The van der Waals surface area contributed by atoms with Crippen molar-refractivity contribution in [3.63, 3.8) is 0 Å². The first-order chi connectivity index (χ1) is 6.45. The molecule has 1 atom stereocenters. The van der Waals surface area contributed by atoms with E-state index in [0.29, 0.717) is 0 Å². The maximum Gasteiger partial charge on any atom is 0.396 e. The van der Waals surface area contributed by atoms with Gasteiger partial charge in [0.25, 0.3) is 0 Å². The first kappa shape index (κ1) is 11.0. The molecular weight excluding hydrogens is 219 g/mol. The van der Waals surface area contributed by atoms with Crippen LogP contribution < -0.4 is 0 Å². The predicted molar refractivity (Wildman–Crippen MR) is 44.3 cm³/mol. The Kier molecular flexibility index (Phi) is 3.13. The minimum absolute atomic E-state index is 0.0340. The molecule has 0 bridgehead atoms. The monoisotopic (exact) mass is 223 g/mol. The van der Waals surface area contributed by atoms with Gasteiger partial charge in [0.2, 0.25) is 6.08 Å². The van der Waals surface area contributed by atoms with Gasteiger partial charge in [-0.15, -0.1) is 0 Å². The van der Waals surface area contributed by atoms with Crippen LogP contribution in [-0.4, -0.2) is 12.3 Å². The second-order valence-corrected chi connectivity index (χ2v) is 3.15. The van der Waals surface area contributed by atoms with E-state index in [4.69, 9.17) is 11.6 Å². The van der Waals surface area contributed by atoms with Crippen LogP contribution in [0.25, 0.3) is 0 Å². The zero-order valence-corrected chi connectivity index (χ0v) is 7.56. The van der Waals surface area contributed by atoms with Crippen molar-refractivity contribution in [1.82, 2.24) is 0 Å². The van der Waals surface area contributed by atoms with Crippen LogP contribution in [0.3, 0.4) is 0 Å². The molecule has 0 saturated heterocycles. The van der Waals surface area contributed by atoms with Gasteiger partial charge in [-0.25, -0.2) is 4.79 Å². The topological polar surface area (TPSA) is 29.4 Å². The normalized spacial score (nSPS) is 22.1. The highest BCUT2D eigenvalue weighted by molar-refractivity contribution is 6.30. The van der Waals surface area contributed by atoms with Crippen molar-refractivity contribution in [3.8, 4) is 0 Å². The molecule has 0 aliphatic heterocycles. The van der Waals surface area contributed by atoms with Crippen molar-refractivity contribution in [1.29, 1.82) is 0 Å². The van der Waals surface area contributed by atoms with Gasteiger partial charge >= 0.3 is 6.18 Å². The Balaban J connectivity index is 2.92. The standard InChI is InChI=1S/C8H5ClF3NO/c9-7-2-1-5(13-4-14)3-6(7)8(10,11)12/h1-2,6H,3H2. The predicted octanol–water partition coefficient (Wildman–Crippen LogP) is 2.91. The molecule has 1 aliphatic rings. The summed E-state index contributed by atoms with van der Waals surface area (Å²) in [5.74, 6) is -1.76. The third kappa shape index (κ3) is 2.47. The summed E-state index contributed by atoms with van der Waals surface area (Å²) in [4.78, 5) is 13.0. The van der Waals surface area contributed by atoms with E-state index in [1.165, 1.54) is 12.2 Å². The highest BCUT2D eigenvalue weighted by atomic mass is 35.5. The van der Waals surface area contributed by atoms with E-state index in [1.807, 2.05) is 0 Å². The molecule has 76 valence electrons. The molecule has 1 unspecified atom stereocenters. The molecular formula is C8H5ClF3NO. The Morgan fingerprint density at radius 1 is 1.50 bits per heavy atom. The number of isocyanates is 1. The largest absolute Gasteiger partial charge is 0.396 e. The molecule has 0 N–H and O–H groups in total. The molecule has 0 spiro atoms. The zero-order chi connectivity index (χ0) is 10.8. The molecule has 0 aromatic heterocycles. The number of nitrogens with zero attached hydrogens (tertiary/aromatic N) is 1. The summed E-state index contributed by atoms with van der Waals surface area (Å²) in [6.07, 6.45) is -1.26. The van der Waals surface area contributed by atoms with E-state index in [1.54, 1.807) is 0 Å². The van der Waals surface area contributed by atoms with Crippen molar-refractivity contribution >= 4 is 17.7 Å². The van der Waals surface area contributed by atoms with E-state index >= 15 is 0 Å². The molecule has 0 aromatic carbocycles. The van der Waals surface area contributed by atoms with Crippen molar-refractivity contribution < 1.29 is 18.0 Å². The minimum Gasteiger partial charge on any atom is -0.211 e. The number of hydrogen-bond donors (Lipinski definition) is 0. The lowest BCUT2D eigenvalue weighted by atomic mass is 9.97. The van der Waals surface area contributed by atoms with E-state index in [9.17, 15) is 18.0 Å². The summed E-state index contributed by atoms with van der Waals surface area (Å²) >= 11 is 5.39. The highest BCUT2D eigenvalue weighted by Crippen LogP contribution is 2.40. The van der Waals surface area contributed by atoms with E-state index < -0.39 is 18.5 Å². The number of allylic oxidation sites excluding steroid dienone is 4. The number of halogens is 4. The number of carbonyl (C=O) groups excluding carboxylic acids is 1. The van der Waals surface area contributed by atoms with Crippen LogP contribution in [0.5, 0.6) is 0 Å². The Morgan fingerprint density at radius 2 is 2.14 bits per heavy atom. The molecule has 0 aromatic rings. The number of rotatable bonds is 1. The lowest BCUT2D eigenvalue weighted by molar-refractivity contribution is -0.162. The summed E-state index contributed by atoms with van der Waals surface area (Å²) < 4.78 is 36.9. The molecule has 0 amide bonds. The lowest BCUT2D eigenvalue weighted by Crippen LogP contribution is -2.24. The Bertz CT molecular complexity index is 339. The first-order valence-corrected chi connectivity index (χ1v) is 4.04. The maximum absolute atomic E-state index is 12.3. The number of alkyl halides is 3. The van der Waals surface area contributed by atoms with Gasteiger partial charge in [0.05, 0.1) is 11.6 Å². The van der Waals surface area contributed by atoms with E-state index in [-0.39, 0.29) is 10.7 Å². The third-order valence-corrected chi connectivity index (χ3v) is 2.15. The van der Waals surface area contributed by atoms with Gasteiger partial charge in [0.15, 0.2) is 0 Å². The Hall–Kier alpha value is -1.06. The molecule has 0 radical (unpaired) electrons. The summed E-state index contributed by atoms with van der Waals surface area (Å²) in [5.41, 5.74) is 0.0340. The van der Waals surface area contributed by atoms with E-state index in [2.05, 4.69) is 4.99 Å². The van der Waals surface area contributed by atoms with Gasteiger partial charge in [0.1, 0.15) is 0 Å². The van der Waals surface area contributed by atoms with Crippen LogP contribution >= 0.6 is 11.6 Å². The molecule has 1 rings (SSSR count). The average Bonchev–Trinajstić information content (AvgIpc) is 2.07. The second-order valence-electron chi connectivity index (χ2n) is 2.71. The smallest absolute Gasteiger partial charge is 0.211 e. The number of hydrogen-bond acceptors (Lipinski definition) is 2. The van der Waals surface area contributed by atoms with Crippen molar-refractivity contribution in [2.45, 2.75) is 12.6 Å². The molecule has 6 heteroatoms. The molecule has 0 fully saturated rings. The third-order valence-electron chi connectivity index (χ3n) is 1.77. The molecule has 14 heavy (non-hydrogen) atoms. The van der Waals surface area contributed by atoms with Crippen molar-refractivity contribution in [3.05, 3.63) is 22.9 Å². The SMILES string of the molecule is O=C=NC1=CC=C(Cl)C(C(F)(F)F)C1. The quantitative estimate of drug-likeness (QED) is 0.496. The fourth-order valence-electron chi connectivity index (χ4n) is 1.08. The average molecular weight is 224 g/mol.